The first kappa shape index (κ1) is 19.9. The molecule has 5 nitrogen and oxygen atoms in total. The van der Waals surface area contributed by atoms with E-state index < -0.39 is 6.10 Å². The molecular formula is C19H29N3O2. The van der Waals surface area contributed by atoms with Gasteiger partial charge in [0.2, 0.25) is 0 Å². The molecule has 1 saturated heterocycles. The molecule has 1 aliphatic rings. The minimum Gasteiger partial charge on any atom is -0.389 e. The molecular weight excluding hydrogens is 302 g/mol. The molecule has 3 rings (SSSR count). The molecule has 1 atom stereocenters. The largest absolute Gasteiger partial charge is 0.389 e. The molecule has 1 aromatic carbocycles. The van der Waals surface area contributed by atoms with Gasteiger partial charge in [0.05, 0.1) is 25.9 Å². The molecule has 1 aliphatic heterocycles. The second-order valence-corrected chi connectivity index (χ2v) is 5.03. The molecule has 0 bridgehead atoms. The average molecular weight is 331 g/mol. The van der Waals surface area contributed by atoms with Crippen LogP contribution in [0.2, 0.25) is 0 Å². The Labute approximate surface area is 145 Å². The van der Waals surface area contributed by atoms with E-state index >= 15 is 0 Å². The summed E-state index contributed by atoms with van der Waals surface area (Å²) >= 11 is 0. The summed E-state index contributed by atoms with van der Waals surface area (Å²) in [6.45, 7) is 13.1. The Kier molecular flexibility index (Phi) is 9.49. The van der Waals surface area contributed by atoms with Crippen molar-refractivity contribution in [2.24, 2.45) is 0 Å². The number of hydrogen-bond donors (Lipinski definition) is 1. The van der Waals surface area contributed by atoms with Crippen molar-refractivity contribution in [2.75, 3.05) is 31.2 Å². The standard InChI is InChI=1S/C15H19N3O2.C2H6.C2H4/c19-14-11-17(8-9-20-12-14)15-6-7-18(16-15)10-13-4-2-1-3-5-13;2*1-2/h1-7,14,19H,8-12H2;1-2H3;1-2H2. The summed E-state index contributed by atoms with van der Waals surface area (Å²) in [5.41, 5.74) is 1.22. The van der Waals surface area contributed by atoms with Gasteiger partial charge in [0.1, 0.15) is 0 Å². The fourth-order valence-corrected chi connectivity index (χ4v) is 2.38. The maximum absolute atomic E-state index is 9.76. The SMILES string of the molecule is C=C.CC.OC1COCCN(c2ccn(Cc3ccccc3)n2)C1. The van der Waals surface area contributed by atoms with Crippen LogP contribution >= 0.6 is 0 Å². The highest BCUT2D eigenvalue weighted by Gasteiger charge is 2.18. The van der Waals surface area contributed by atoms with Crippen molar-refractivity contribution >= 4 is 5.82 Å². The van der Waals surface area contributed by atoms with Gasteiger partial charge in [0, 0.05) is 25.4 Å². The van der Waals surface area contributed by atoms with E-state index in [-0.39, 0.29) is 0 Å². The topological polar surface area (TPSA) is 50.5 Å². The number of rotatable bonds is 3. The van der Waals surface area contributed by atoms with Crippen molar-refractivity contribution in [3.63, 3.8) is 0 Å². The van der Waals surface area contributed by atoms with Crippen molar-refractivity contribution in [3.8, 4) is 0 Å². The summed E-state index contributed by atoms with van der Waals surface area (Å²) in [7, 11) is 0. The number of benzene rings is 1. The third-order valence-corrected chi connectivity index (χ3v) is 3.38. The van der Waals surface area contributed by atoms with Gasteiger partial charge in [-0.1, -0.05) is 44.2 Å². The van der Waals surface area contributed by atoms with Gasteiger partial charge in [-0.2, -0.15) is 5.10 Å². The molecule has 1 N–H and O–H groups in total. The number of hydrogen-bond acceptors (Lipinski definition) is 4. The fraction of sp³-hybridized carbons (Fsp3) is 0.421. The third kappa shape index (κ3) is 6.18. The lowest BCUT2D eigenvalue weighted by atomic mass is 10.2. The maximum atomic E-state index is 9.76. The summed E-state index contributed by atoms with van der Waals surface area (Å²) in [6, 6.07) is 12.2. The first-order valence-electron chi connectivity index (χ1n) is 8.39. The van der Waals surface area contributed by atoms with Crippen LogP contribution in [0.25, 0.3) is 0 Å². The van der Waals surface area contributed by atoms with Gasteiger partial charge >= 0.3 is 0 Å². The van der Waals surface area contributed by atoms with Crippen LogP contribution in [0.3, 0.4) is 0 Å². The number of aliphatic hydroxyl groups is 1. The molecule has 1 fully saturated rings. The van der Waals surface area contributed by atoms with Crippen molar-refractivity contribution in [3.05, 3.63) is 61.3 Å². The van der Waals surface area contributed by atoms with Gasteiger partial charge in [0.15, 0.2) is 5.82 Å². The molecule has 1 unspecified atom stereocenters. The Morgan fingerprint density at radius 3 is 2.62 bits per heavy atom. The van der Waals surface area contributed by atoms with Crippen LogP contribution in [0, 0.1) is 0 Å². The van der Waals surface area contributed by atoms with Crippen LogP contribution < -0.4 is 4.90 Å². The molecule has 2 heterocycles. The second kappa shape index (κ2) is 11.4. The summed E-state index contributed by atoms with van der Waals surface area (Å²) < 4.78 is 7.25. The third-order valence-electron chi connectivity index (χ3n) is 3.38. The Balaban J connectivity index is 0.000000671. The minimum atomic E-state index is -0.447. The first-order valence-corrected chi connectivity index (χ1v) is 8.39. The lowest BCUT2D eigenvalue weighted by molar-refractivity contribution is 0.0597. The monoisotopic (exact) mass is 331 g/mol. The molecule has 0 spiro atoms. The van der Waals surface area contributed by atoms with Gasteiger partial charge in [-0.05, 0) is 5.56 Å². The number of β-amino-alcohol motifs (C(OH)–C–C–N with tert-alkyl or cyclic N) is 1. The number of anilines is 1. The first-order chi connectivity index (χ1) is 11.8. The molecule has 132 valence electrons. The summed E-state index contributed by atoms with van der Waals surface area (Å²) in [6.07, 6.45) is 1.53. The number of aromatic nitrogens is 2. The van der Waals surface area contributed by atoms with Gasteiger partial charge in [-0.3, -0.25) is 4.68 Å². The zero-order valence-electron chi connectivity index (χ0n) is 14.8. The van der Waals surface area contributed by atoms with E-state index in [0.29, 0.717) is 19.8 Å². The summed E-state index contributed by atoms with van der Waals surface area (Å²) in [5, 5.41) is 14.3. The molecule has 2 aromatic rings. The number of nitrogens with zero attached hydrogens (tertiary/aromatic N) is 3. The minimum absolute atomic E-state index is 0.404. The van der Waals surface area contributed by atoms with Gasteiger partial charge in [0.25, 0.3) is 0 Å². The van der Waals surface area contributed by atoms with E-state index in [1.807, 2.05) is 49.0 Å². The molecule has 24 heavy (non-hydrogen) atoms. The quantitative estimate of drug-likeness (QED) is 0.879. The van der Waals surface area contributed by atoms with E-state index in [1.54, 1.807) is 0 Å². The van der Waals surface area contributed by atoms with E-state index in [9.17, 15) is 5.11 Å². The molecule has 0 radical (unpaired) electrons. The van der Waals surface area contributed by atoms with Crippen LogP contribution in [0.15, 0.2) is 55.8 Å². The van der Waals surface area contributed by atoms with E-state index in [1.165, 1.54) is 5.56 Å². The van der Waals surface area contributed by atoms with Gasteiger partial charge < -0.3 is 14.7 Å². The Morgan fingerprint density at radius 2 is 1.92 bits per heavy atom. The molecule has 5 heteroatoms. The number of aliphatic hydroxyl groups excluding tert-OH is 1. The fourth-order valence-electron chi connectivity index (χ4n) is 2.38. The van der Waals surface area contributed by atoms with E-state index in [2.05, 4.69) is 35.3 Å². The zero-order valence-corrected chi connectivity index (χ0v) is 14.8. The van der Waals surface area contributed by atoms with Crippen LogP contribution in [0.5, 0.6) is 0 Å². The van der Waals surface area contributed by atoms with Crippen molar-refractivity contribution < 1.29 is 9.84 Å². The normalized spacial score (nSPS) is 17.0. The Hall–Kier alpha value is -2.11. The van der Waals surface area contributed by atoms with Crippen LogP contribution in [0.4, 0.5) is 5.82 Å². The van der Waals surface area contributed by atoms with E-state index in [4.69, 9.17) is 4.74 Å². The van der Waals surface area contributed by atoms with Crippen molar-refractivity contribution in [1.29, 1.82) is 0 Å². The lowest BCUT2D eigenvalue weighted by Crippen LogP contribution is -2.33. The predicted molar refractivity (Wildman–Crippen MR) is 99.4 cm³/mol. The smallest absolute Gasteiger partial charge is 0.150 e. The molecule has 1 aromatic heterocycles. The Bertz CT molecular complexity index is 557. The van der Waals surface area contributed by atoms with Crippen LogP contribution in [-0.2, 0) is 11.3 Å². The number of ether oxygens (including phenoxy) is 1. The summed E-state index contributed by atoms with van der Waals surface area (Å²) in [4.78, 5) is 2.07. The highest BCUT2D eigenvalue weighted by molar-refractivity contribution is 5.37. The Morgan fingerprint density at radius 1 is 1.21 bits per heavy atom. The van der Waals surface area contributed by atoms with Crippen LogP contribution in [0.1, 0.15) is 19.4 Å². The molecule has 0 aliphatic carbocycles. The maximum Gasteiger partial charge on any atom is 0.150 e. The zero-order chi connectivity index (χ0) is 17.8. The second-order valence-electron chi connectivity index (χ2n) is 5.03. The average Bonchev–Trinajstić information content (AvgIpc) is 2.99. The van der Waals surface area contributed by atoms with Crippen LogP contribution in [-0.4, -0.2) is 47.3 Å². The van der Waals surface area contributed by atoms with Gasteiger partial charge in [-0.15, -0.1) is 13.2 Å². The van der Waals surface area contributed by atoms with Crippen molar-refractivity contribution in [1.82, 2.24) is 9.78 Å². The molecule has 0 amide bonds. The van der Waals surface area contributed by atoms with E-state index in [0.717, 1.165) is 18.9 Å². The highest BCUT2D eigenvalue weighted by Crippen LogP contribution is 2.14. The summed E-state index contributed by atoms with van der Waals surface area (Å²) in [5.74, 6) is 0.894. The predicted octanol–water partition coefficient (Wildman–Crippen LogP) is 2.96. The highest BCUT2D eigenvalue weighted by atomic mass is 16.5. The molecule has 0 saturated carbocycles. The lowest BCUT2D eigenvalue weighted by Gasteiger charge is -2.20. The van der Waals surface area contributed by atoms with Crippen molar-refractivity contribution in [2.45, 2.75) is 26.5 Å². The van der Waals surface area contributed by atoms with Gasteiger partial charge in [-0.25, -0.2) is 0 Å².